The van der Waals surface area contributed by atoms with Crippen molar-refractivity contribution in [3.05, 3.63) is 102 Å². The molecule has 0 atom stereocenters. The zero-order valence-electron chi connectivity index (χ0n) is 16.9. The number of pyridine rings is 1. The summed E-state index contributed by atoms with van der Waals surface area (Å²) in [7, 11) is 0. The Morgan fingerprint density at radius 1 is 0.724 bits per heavy atom. The smallest absolute Gasteiger partial charge is 0.135 e. The van der Waals surface area contributed by atoms with Crippen LogP contribution in [0.5, 0.6) is 0 Å². The summed E-state index contributed by atoms with van der Waals surface area (Å²) >= 11 is 0. The molecule has 29 heavy (non-hydrogen) atoms. The summed E-state index contributed by atoms with van der Waals surface area (Å²) in [5.74, 6) is 0. The Bertz CT molecular complexity index is 1330. The molecule has 0 radical (unpaired) electrons. The molecular formula is C27H23NO. The van der Waals surface area contributed by atoms with Gasteiger partial charge in [0.15, 0.2) is 0 Å². The molecule has 0 aliphatic rings. The topological polar surface area (TPSA) is 26.0 Å². The highest BCUT2D eigenvalue weighted by molar-refractivity contribution is 6.06. The number of nitrogens with zero attached hydrogens (tertiary/aromatic N) is 1. The van der Waals surface area contributed by atoms with E-state index in [2.05, 4.69) is 105 Å². The van der Waals surface area contributed by atoms with Crippen LogP contribution in [0.2, 0.25) is 0 Å². The molecule has 0 saturated carbocycles. The van der Waals surface area contributed by atoms with E-state index in [0.29, 0.717) is 0 Å². The fourth-order valence-electron chi connectivity index (χ4n) is 4.04. The Hall–Kier alpha value is -3.39. The molecule has 5 rings (SSSR count). The van der Waals surface area contributed by atoms with Crippen molar-refractivity contribution in [2.75, 3.05) is 0 Å². The molecular weight excluding hydrogens is 354 g/mol. The summed E-state index contributed by atoms with van der Waals surface area (Å²) in [5, 5.41) is 2.28. The van der Waals surface area contributed by atoms with Crippen LogP contribution in [-0.2, 0) is 5.41 Å². The van der Waals surface area contributed by atoms with E-state index in [4.69, 9.17) is 4.42 Å². The van der Waals surface area contributed by atoms with Crippen molar-refractivity contribution in [1.82, 2.24) is 4.98 Å². The highest BCUT2D eigenvalue weighted by Gasteiger charge is 2.23. The minimum absolute atomic E-state index is 0.0943. The maximum Gasteiger partial charge on any atom is 0.135 e. The minimum Gasteiger partial charge on any atom is -0.456 e. The van der Waals surface area contributed by atoms with E-state index in [1.54, 1.807) is 0 Å². The molecule has 2 heterocycles. The van der Waals surface area contributed by atoms with Crippen molar-refractivity contribution in [1.29, 1.82) is 0 Å². The Morgan fingerprint density at radius 3 is 2.38 bits per heavy atom. The van der Waals surface area contributed by atoms with Crippen LogP contribution in [0.1, 0.15) is 30.5 Å². The van der Waals surface area contributed by atoms with E-state index >= 15 is 0 Å². The highest BCUT2D eigenvalue weighted by Crippen LogP contribution is 2.35. The van der Waals surface area contributed by atoms with Gasteiger partial charge < -0.3 is 4.42 Å². The van der Waals surface area contributed by atoms with E-state index in [1.807, 2.05) is 6.20 Å². The van der Waals surface area contributed by atoms with Gasteiger partial charge in [-0.15, -0.1) is 0 Å². The summed E-state index contributed by atoms with van der Waals surface area (Å²) in [4.78, 5) is 4.67. The molecule has 2 nitrogen and oxygen atoms in total. The molecule has 0 spiro atoms. The molecule has 0 unspecified atom stereocenters. The Kier molecular flexibility index (Phi) is 4.02. The quantitative estimate of drug-likeness (QED) is 0.330. The van der Waals surface area contributed by atoms with Crippen molar-refractivity contribution in [2.24, 2.45) is 0 Å². The lowest BCUT2D eigenvalue weighted by atomic mass is 9.78. The fraction of sp³-hybridized carbons (Fsp3) is 0.148. The predicted molar refractivity (Wildman–Crippen MR) is 120 cm³/mol. The van der Waals surface area contributed by atoms with Gasteiger partial charge in [-0.3, -0.25) is 4.98 Å². The van der Waals surface area contributed by atoms with Crippen molar-refractivity contribution >= 4 is 21.9 Å². The van der Waals surface area contributed by atoms with E-state index in [9.17, 15) is 0 Å². The van der Waals surface area contributed by atoms with Crippen LogP contribution in [0.25, 0.3) is 33.2 Å². The number of aromatic nitrogens is 1. The van der Waals surface area contributed by atoms with E-state index < -0.39 is 0 Å². The third kappa shape index (κ3) is 3.01. The van der Waals surface area contributed by atoms with Gasteiger partial charge in [0.05, 0.1) is 5.69 Å². The summed E-state index contributed by atoms with van der Waals surface area (Å²) in [5.41, 5.74) is 7.59. The van der Waals surface area contributed by atoms with Gasteiger partial charge in [0.2, 0.25) is 0 Å². The molecule has 0 amide bonds. The molecule has 3 aromatic carbocycles. The Labute approximate surface area is 170 Å². The average Bonchev–Trinajstić information content (AvgIpc) is 3.11. The predicted octanol–water partition coefficient (Wildman–Crippen LogP) is 7.28. The van der Waals surface area contributed by atoms with Gasteiger partial charge in [0, 0.05) is 27.9 Å². The third-order valence-corrected chi connectivity index (χ3v) is 5.90. The number of fused-ring (bicyclic) bond motifs is 3. The van der Waals surface area contributed by atoms with Crippen molar-refractivity contribution < 1.29 is 4.42 Å². The van der Waals surface area contributed by atoms with Gasteiger partial charge in [0.1, 0.15) is 11.2 Å². The molecule has 2 aromatic heterocycles. The normalized spacial score (nSPS) is 12.0. The largest absolute Gasteiger partial charge is 0.456 e. The van der Waals surface area contributed by atoms with Crippen LogP contribution in [0.15, 0.2) is 89.5 Å². The summed E-state index contributed by atoms with van der Waals surface area (Å²) < 4.78 is 6.04. The first-order chi connectivity index (χ1) is 14.0. The molecule has 0 aliphatic heterocycles. The van der Waals surface area contributed by atoms with Crippen LogP contribution in [0.3, 0.4) is 0 Å². The maximum absolute atomic E-state index is 6.04. The first kappa shape index (κ1) is 17.7. The van der Waals surface area contributed by atoms with Crippen LogP contribution in [-0.4, -0.2) is 4.98 Å². The van der Waals surface area contributed by atoms with Crippen LogP contribution >= 0.6 is 0 Å². The van der Waals surface area contributed by atoms with Crippen LogP contribution in [0, 0.1) is 6.92 Å². The lowest BCUT2D eigenvalue weighted by molar-refractivity contribution is 0.640. The molecule has 0 bridgehead atoms. The van der Waals surface area contributed by atoms with Gasteiger partial charge >= 0.3 is 0 Å². The van der Waals surface area contributed by atoms with Gasteiger partial charge in [-0.2, -0.15) is 0 Å². The molecule has 5 aromatic rings. The van der Waals surface area contributed by atoms with Crippen LogP contribution < -0.4 is 0 Å². The van der Waals surface area contributed by atoms with Crippen molar-refractivity contribution in [3.8, 4) is 11.3 Å². The molecule has 2 heteroatoms. The van der Waals surface area contributed by atoms with Gasteiger partial charge in [-0.1, -0.05) is 56.3 Å². The molecule has 0 saturated heterocycles. The molecule has 142 valence electrons. The summed E-state index contributed by atoms with van der Waals surface area (Å²) in [6.07, 6.45) is 1.91. The summed E-state index contributed by atoms with van der Waals surface area (Å²) in [6.45, 7) is 6.61. The zero-order valence-corrected chi connectivity index (χ0v) is 16.9. The van der Waals surface area contributed by atoms with Crippen molar-refractivity contribution in [3.63, 3.8) is 0 Å². The second-order valence-corrected chi connectivity index (χ2v) is 8.23. The Morgan fingerprint density at radius 2 is 1.55 bits per heavy atom. The first-order valence-corrected chi connectivity index (χ1v) is 9.98. The monoisotopic (exact) mass is 377 g/mol. The molecule has 0 N–H and O–H groups in total. The van der Waals surface area contributed by atoms with Crippen LogP contribution in [0.4, 0.5) is 0 Å². The lowest BCUT2D eigenvalue weighted by Crippen LogP contribution is -2.18. The number of furan rings is 1. The fourth-order valence-corrected chi connectivity index (χ4v) is 4.04. The van der Waals surface area contributed by atoms with Gasteiger partial charge in [0.25, 0.3) is 0 Å². The van der Waals surface area contributed by atoms with Crippen molar-refractivity contribution in [2.45, 2.75) is 26.2 Å². The SMILES string of the molecule is Cc1ccc2c(c1)oc1ccc(-c3cc(C(C)(C)c4ccccc4)ccn3)cc12. The Balaban J connectivity index is 1.62. The summed E-state index contributed by atoms with van der Waals surface area (Å²) in [6, 6.07) is 27.7. The molecule has 0 aliphatic carbocycles. The second kappa shape index (κ2) is 6.59. The maximum atomic E-state index is 6.04. The number of hydrogen-bond donors (Lipinski definition) is 0. The first-order valence-electron chi connectivity index (χ1n) is 9.98. The number of hydrogen-bond acceptors (Lipinski definition) is 2. The second-order valence-electron chi connectivity index (χ2n) is 8.23. The zero-order chi connectivity index (χ0) is 20.0. The van der Waals surface area contributed by atoms with E-state index in [0.717, 1.165) is 33.2 Å². The number of aryl methyl sites for hydroxylation is 1. The number of rotatable bonds is 3. The lowest BCUT2D eigenvalue weighted by Gasteiger charge is -2.26. The average molecular weight is 377 g/mol. The molecule has 0 fully saturated rings. The third-order valence-electron chi connectivity index (χ3n) is 5.90. The van der Waals surface area contributed by atoms with Gasteiger partial charge in [-0.05, 0) is 60.0 Å². The minimum atomic E-state index is -0.0943. The van der Waals surface area contributed by atoms with E-state index in [-0.39, 0.29) is 5.41 Å². The standard InChI is InChI=1S/C27H23NO/c1-18-9-11-22-23-16-19(10-12-25(23)29-26(22)15-18)24-17-21(13-14-28-24)27(2,3)20-7-5-4-6-8-20/h4-17H,1-3H3. The highest BCUT2D eigenvalue weighted by atomic mass is 16.3. The van der Waals surface area contributed by atoms with Gasteiger partial charge in [-0.25, -0.2) is 0 Å². The number of benzene rings is 3. The van der Waals surface area contributed by atoms with E-state index in [1.165, 1.54) is 16.7 Å².